The normalized spacial score (nSPS) is 13.0. The zero-order valence-electron chi connectivity index (χ0n) is 29.9. The molecule has 46 heavy (non-hydrogen) atoms. The molecule has 0 nitrogen and oxygen atoms in total. The van der Waals surface area contributed by atoms with Crippen molar-refractivity contribution in [1.29, 1.82) is 0 Å². The van der Waals surface area contributed by atoms with E-state index in [9.17, 15) is 0 Å². The molecule has 9 aromatic carbocycles. The summed E-state index contributed by atoms with van der Waals surface area (Å²) >= 11 is 0. The molecule has 0 aliphatic rings. The lowest BCUT2D eigenvalue weighted by atomic mass is 9.85. The SMILES string of the molecule is [2H]c1c([2H])c([2H])c(-c2c3ccccc3c(-c3ccc(-c4ccc(-c5cc6ccccc6c6ccccc56)cc4)cc3)c3ccccc23)c([2H])c1[2H]. The number of hydrogen-bond acceptors (Lipinski definition) is 0. The molecule has 214 valence electrons. The van der Waals surface area contributed by atoms with Gasteiger partial charge in [0, 0.05) is 0 Å². The molecule has 0 N–H and O–H groups in total. The molecule has 0 atom stereocenters. The van der Waals surface area contributed by atoms with E-state index in [0.717, 1.165) is 43.8 Å². The Hall–Kier alpha value is -5.98. The first kappa shape index (κ1) is 21.7. The van der Waals surface area contributed by atoms with E-state index in [-0.39, 0.29) is 29.7 Å². The summed E-state index contributed by atoms with van der Waals surface area (Å²) in [6.45, 7) is 0. The fraction of sp³-hybridized carbons (Fsp3) is 0. The molecule has 9 aromatic rings. The van der Waals surface area contributed by atoms with Crippen molar-refractivity contribution < 1.29 is 6.85 Å². The highest BCUT2D eigenvalue weighted by atomic mass is 14.2. The average molecular weight is 588 g/mol. The summed E-state index contributed by atoms with van der Waals surface area (Å²) < 4.78 is 42.5. The molecule has 0 bridgehead atoms. The van der Waals surface area contributed by atoms with Crippen molar-refractivity contribution in [3.05, 3.63) is 182 Å². The van der Waals surface area contributed by atoms with Gasteiger partial charge in [0.25, 0.3) is 0 Å². The first-order chi connectivity index (χ1) is 24.9. The summed E-state index contributed by atoms with van der Waals surface area (Å²) in [6.07, 6.45) is 0. The standard InChI is InChI=1S/C46H30/c1-2-12-34(13-3-1)45-40-18-8-10-20-42(40)46(43-21-11-9-19-41(43)45)35-28-24-32(25-29-35)31-22-26-33(27-23-31)44-30-36-14-4-5-15-37(36)38-16-6-7-17-39(38)44/h1-30H/i1D,2D,3D,12D,13D. The minimum absolute atomic E-state index is 0.201. The molecule has 0 unspecified atom stereocenters. The van der Waals surface area contributed by atoms with Gasteiger partial charge >= 0.3 is 0 Å². The summed E-state index contributed by atoms with van der Waals surface area (Å²) in [4.78, 5) is 0. The van der Waals surface area contributed by atoms with Crippen LogP contribution in [0.5, 0.6) is 0 Å². The van der Waals surface area contributed by atoms with Gasteiger partial charge in [-0.3, -0.25) is 0 Å². The van der Waals surface area contributed by atoms with Crippen LogP contribution in [0.25, 0.3) is 87.6 Å². The van der Waals surface area contributed by atoms with Crippen molar-refractivity contribution in [2.24, 2.45) is 0 Å². The van der Waals surface area contributed by atoms with E-state index in [1.165, 1.54) is 32.7 Å². The van der Waals surface area contributed by atoms with Crippen LogP contribution in [0.2, 0.25) is 0 Å². The van der Waals surface area contributed by atoms with Crippen LogP contribution in [-0.4, -0.2) is 0 Å². The second-order valence-electron chi connectivity index (χ2n) is 11.7. The van der Waals surface area contributed by atoms with Crippen molar-refractivity contribution >= 4 is 43.1 Å². The van der Waals surface area contributed by atoms with Gasteiger partial charge in [-0.05, 0) is 93.7 Å². The highest BCUT2D eigenvalue weighted by molar-refractivity contribution is 6.21. The van der Waals surface area contributed by atoms with Crippen molar-refractivity contribution in [3.63, 3.8) is 0 Å². The summed E-state index contributed by atoms with van der Waals surface area (Å²) in [5, 5.41) is 8.58. The third-order valence-corrected chi connectivity index (χ3v) is 9.15. The topological polar surface area (TPSA) is 0 Å². The van der Waals surface area contributed by atoms with Crippen LogP contribution < -0.4 is 0 Å². The zero-order chi connectivity index (χ0) is 34.8. The fourth-order valence-electron chi connectivity index (χ4n) is 7.05. The van der Waals surface area contributed by atoms with Crippen molar-refractivity contribution in [3.8, 4) is 44.5 Å². The Morgan fingerprint density at radius 3 is 1.28 bits per heavy atom. The van der Waals surface area contributed by atoms with Gasteiger partial charge in [-0.25, -0.2) is 0 Å². The maximum atomic E-state index is 8.80. The largest absolute Gasteiger partial charge is 0.0629 e. The van der Waals surface area contributed by atoms with Gasteiger partial charge in [0.15, 0.2) is 0 Å². The lowest BCUT2D eigenvalue weighted by Crippen LogP contribution is -1.90. The molecular weight excluding hydrogens is 553 g/mol. The van der Waals surface area contributed by atoms with Crippen LogP contribution in [0, 0.1) is 0 Å². The van der Waals surface area contributed by atoms with E-state index in [4.69, 9.17) is 6.85 Å². The predicted molar refractivity (Wildman–Crippen MR) is 198 cm³/mol. The van der Waals surface area contributed by atoms with Gasteiger partial charge in [-0.15, -0.1) is 0 Å². The molecule has 0 amide bonds. The molecule has 0 saturated carbocycles. The molecule has 0 aromatic heterocycles. The number of hydrogen-bond donors (Lipinski definition) is 0. The lowest BCUT2D eigenvalue weighted by molar-refractivity contribution is 1.60. The molecule has 0 saturated heterocycles. The Morgan fingerprint density at radius 1 is 0.304 bits per heavy atom. The Kier molecular flexibility index (Phi) is 5.12. The van der Waals surface area contributed by atoms with Crippen molar-refractivity contribution in [2.45, 2.75) is 0 Å². The fourth-order valence-corrected chi connectivity index (χ4v) is 7.05. The Morgan fingerprint density at radius 2 is 0.717 bits per heavy atom. The van der Waals surface area contributed by atoms with Crippen molar-refractivity contribution in [1.82, 2.24) is 0 Å². The van der Waals surface area contributed by atoms with E-state index in [2.05, 4.69) is 115 Å². The van der Waals surface area contributed by atoms with Gasteiger partial charge in [-0.1, -0.05) is 176 Å². The van der Waals surface area contributed by atoms with Crippen LogP contribution in [0.4, 0.5) is 0 Å². The molecule has 9 rings (SSSR count). The smallest absolute Gasteiger partial charge is 0.0622 e. The summed E-state index contributed by atoms with van der Waals surface area (Å²) in [5.74, 6) is 0. The summed E-state index contributed by atoms with van der Waals surface area (Å²) in [6, 6.07) is 51.3. The van der Waals surface area contributed by atoms with Crippen LogP contribution in [0.1, 0.15) is 6.85 Å². The monoisotopic (exact) mass is 587 g/mol. The van der Waals surface area contributed by atoms with Gasteiger partial charge < -0.3 is 0 Å². The molecular formula is C46H30. The van der Waals surface area contributed by atoms with Crippen LogP contribution in [0.15, 0.2) is 182 Å². The number of fused-ring (bicyclic) bond motifs is 5. The van der Waals surface area contributed by atoms with Crippen LogP contribution >= 0.6 is 0 Å². The maximum Gasteiger partial charge on any atom is 0.0629 e. The second-order valence-corrected chi connectivity index (χ2v) is 11.7. The third-order valence-electron chi connectivity index (χ3n) is 9.15. The first-order valence-corrected chi connectivity index (χ1v) is 15.5. The molecule has 0 aliphatic carbocycles. The molecule has 0 aliphatic heterocycles. The van der Waals surface area contributed by atoms with E-state index in [1.807, 2.05) is 36.4 Å². The van der Waals surface area contributed by atoms with Gasteiger partial charge in [0.1, 0.15) is 0 Å². The van der Waals surface area contributed by atoms with E-state index < -0.39 is 6.04 Å². The highest BCUT2D eigenvalue weighted by Crippen LogP contribution is 2.44. The minimum Gasteiger partial charge on any atom is -0.0622 e. The average Bonchev–Trinajstić information content (AvgIpc) is 3.19. The van der Waals surface area contributed by atoms with Crippen LogP contribution in [0.3, 0.4) is 0 Å². The van der Waals surface area contributed by atoms with E-state index in [1.54, 1.807) is 0 Å². The molecule has 0 heteroatoms. The predicted octanol–water partition coefficient (Wildman–Crippen LogP) is 13.0. The van der Waals surface area contributed by atoms with Crippen LogP contribution in [-0.2, 0) is 0 Å². The molecule has 0 radical (unpaired) electrons. The van der Waals surface area contributed by atoms with Gasteiger partial charge in [0.2, 0.25) is 0 Å². The van der Waals surface area contributed by atoms with Gasteiger partial charge in [-0.2, -0.15) is 0 Å². The summed E-state index contributed by atoms with van der Waals surface area (Å²) in [5.41, 5.74) is 7.58. The minimum atomic E-state index is -0.393. The lowest BCUT2D eigenvalue weighted by Gasteiger charge is -2.18. The number of rotatable bonds is 4. The zero-order valence-corrected chi connectivity index (χ0v) is 24.9. The highest BCUT2D eigenvalue weighted by Gasteiger charge is 2.16. The Labute approximate surface area is 275 Å². The molecule has 0 heterocycles. The van der Waals surface area contributed by atoms with E-state index in [0.29, 0.717) is 5.56 Å². The van der Waals surface area contributed by atoms with E-state index >= 15 is 0 Å². The molecule has 0 fully saturated rings. The van der Waals surface area contributed by atoms with Gasteiger partial charge in [0.05, 0.1) is 6.85 Å². The Bertz CT molecular complexity index is 2750. The second kappa shape index (κ2) is 10.9. The van der Waals surface area contributed by atoms with Crippen molar-refractivity contribution in [2.75, 3.05) is 0 Å². The first-order valence-electron chi connectivity index (χ1n) is 18.0. The number of benzene rings is 9. The quantitative estimate of drug-likeness (QED) is 0.142. The maximum absolute atomic E-state index is 8.80. The molecule has 0 spiro atoms. The third kappa shape index (κ3) is 4.30. The Balaban J connectivity index is 1.15. The summed E-state index contributed by atoms with van der Waals surface area (Å²) in [7, 11) is 0.